The van der Waals surface area contributed by atoms with Gasteiger partial charge in [0.05, 0.1) is 19.8 Å². The summed E-state index contributed by atoms with van der Waals surface area (Å²) in [6, 6.07) is 18.0. The first-order valence-corrected chi connectivity index (χ1v) is 12.3. The van der Waals surface area contributed by atoms with Gasteiger partial charge in [0.1, 0.15) is 11.8 Å². The molecule has 0 unspecified atom stereocenters. The first-order valence-electron chi connectivity index (χ1n) is 12.3. The molecular weight excluding hydrogens is 484 g/mol. The van der Waals surface area contributed by atoms with E-state index in [2.05, 4.69) is 58.8 Å². The van der Waals surface area contributed by atoms with Crippen LogP contribution in [-0.2, 0) is 14.3 Å². The van der Waals surface area contributed by atoms with Crippen molar-refractivity contribution in [3.05, 3.63) is 88.7 Å². The number of aryl methyl sites for hydroxylation is 2. The number of aromatic nitrogens is 1. The molecule has 8 nitrogen and oxygen atoms in total. The van der Waals surface area contributed by atoms with Gasteiger partial charge >= 0.3 is 5.97 Å². The van der Waals surface area contributed by atoms with Crippen LogP contribution in [0.3, 0.4) is 0 Å². The fourth-order valence-electron chi connectivity index (χ4n) is 4.10. The Balaban J connectivity index is 1.82. The van der Waals surface area contributed by atoms with Crippen LogP contribution < -0.4 is 14.8 Å². The average molecular weight is 519 g/mol. The third-order valence-corrected chi connectivity index (χ3v) is 6.20. The Kier molecular flexibility index (Phi) is 9.36. The van der Waals surface area contributed by atoms with Crippen LogP contribution in [0.1, 0.15) is 59.4 Å². The smallest absolute Gasteiger partial charge is 0.308 e. The fourth-order valence-corrected chi connectivity index (χ4v) is 4.10. The summed E-state index contributed by atoms with van der Waals surface area (Å²) in [5.41, 5.74) is 2.90. The molecule has 0 radical (unpaired) electrons. The van der Waals surface area contributed by atoms with Gasteiger partial charge in [-0.05, 0) is 38.8 Å². The number of esters is 1. The summed E-state index contributed by atoms with van der Waals surface area (Å²) in [7, 11) is 1.38. The van der Waals surface area contributed by atoms with E-state index in [4.69, 9.17) is 14.2 Å². The zero-order chi connectivity index (χ0) is 27.9. The fraction of sp³-hybridized carbons (Fsp3) is 0.333. The standard InChI is InChI=1S/C30H34N2O6/c1-19-7-11-23(12-8-19)26(24-13-9-20(2)10-14-24)21(3)37-18-30(5,17-33)32-29(35)27-28(38-22(4)34)25(36-6)15-16-31-27/h7-17,21,26H,18H2,1-6H3,(H,32,35)/t21-,30+/m0/s1. The van der Waals surface area contributed by atoms with Crippen LogP contribution in [0.25, 0.3) is 0 Å². The lowest BCUT2D eigenvalue weighted by Crippen LogP contribution is -2.52. The minimum absolute atomic E-state index is 0.0928. The number of ether oxygens (including phenoxy) is 3. The van der Waals surface area contributed by atoms with Crippen LogP contribution in [0.4, 0.5) is 0 Å². The van der Waals surface area contributed by atoms with Gasteiger partial charge in [-0.2, -0.15) is 0 Å². The monoisotopic (exact) mass is 518 g/mol. The molecule has 0 saturated heterocycles. The van der Waals surface area contributed by atoms with Crippen molar-refractivity contribution in [1.82, 2.24) is 10.3 Å². The molecule has 0 aliphatic carbocycles. The van der Waals surface area contributed by atoms with E-state index in [9.17, 15) is 14.4 Å². The number of nitrogens with zero attached hydrogens (tertiary/aromatic N) is 1. The van der Waals surface area contributed by atoms with E-state index >= 15 is 0 Å². The first-order chi connectivity index (χ1) is 18.1. The zero-order valence-electron chi connectivity index (χ0n) is 22.6. The summed E-state index contributed by atoms with van der Waals surface area (Å²) in [5, 5.41) is 2.67. The highest BCUT2D eigenvalue weighted by atomic mass is 16.6. The lowest BCUT2D eigenvalue weighted by Gasteiger charge is -2.30. The number of hydrogen-bond donors (Lipinski definition) is 1. The minimum Gasteiger partial charge on any atom is -0.493 e. The van der Waals surface area contributed by atoms with Crippen LogP contribution in [0, 0.1) is 13.8 Å². The van der Waals surface area contributed by atoms with Crippen molar-refractivity contribution >= 4 is 18.2 Å². The molecule has 1 amide bonds. The molecule has 2 atom stereocenters. The molecule has 0 fully saturated rings. The number of nitrogens with one attached hydrogen (secondary N) is 1. The summed E-state index contributed by atoms with van der Waals surface area (Å²) in [6.45, 7) is 8.69. The maximum atomic E-state index is 13.1. The van der Waals surface area contributed by atoms with E-state index in [1.807, 2.05) is 20.8 Å². The first kappa shape index (κ1) is 28.5. The highest BCUT2D eigenvalue weighted by Crippen LogP contribution is 2.32. The second kappa shape index (κ2) is 12.5. The third kappa shape index (κ3) is 7.04. The van der Waals surface area contributed by atoms with Crippen LogP contribution in [-0.4, -0.2) is 48.5 Å². The molecule has 1 heterocycles. The van der Waals surface area contributed by atoms with E-state index in [-0.39, 0.29) is 35.8 Å². The van der Waals surface area contributed by atoms with E-state index in [0.717, 1.165) is 22.3 Å². The van der Waals surface area contributed by atoms with E-state index < -0.39 is 17.4 Å². The van der Waals surface area contributed by atoms with Crippen LogP contribution in [0.15, 0.2) is 60.8 Å². The highest BCUT2D eigenvalue weighted by molar-refractivity contribution is 5.98. The number of methoxy groups -OCH3 is 1. The second-order valence-corrected chi connectivity index (χ2v) is 9.59. The molecule has 8 heteroatoms. The van der Waals surface area contributed by atoms with Crippen molar-refractivity contribution in [3.8, 4) is 11.5 Å². The van der Waals surface area contributed by atoms with Gasteiger partial charge in [0, 0.05) is 25.1 Å². The summed E-state index contributed by atoms with van der Waals surface area (Å²) in [5.74, 6) is -1.41. The van der Waals surface area contributed by atoms with Crippen LogP contribution in [0.5, 0.6) is 11.5 Å². The number of carbonyl (C=O) groups is 3. The maximum absolute atomic E-state index is 13.1. The average Bonchev–Trinajstić information content (AvgIpc) is 2.89. The second-order valence-electron chi connectivity index (χ2n) is 9.59. The van der Waals surface area contributed by atoms with Crippen molar-refractivity contribution < 1.29 is 28.6 Å². The van der Waals surface area contributed by atoms with Crippen LogP contribution >= 0.6 is 0 Å². The number of rotatable bonds is 11. The molecule has 38 heavy (non-hydrogen) atoms. The minimum atomic E-state index is -1.38. The topological polar surface area (TPSA) is 104 Å². The number of hydrogen-bond acceptors (Lipinski definition) is 7. The molecule has 0 aliphatic heterocycles. The quantitative estimate of drug-likeness (QED) is 0.293. The molecule has 0 saturated carbocycles. The number of amides is 1. The molecule has 2 aromatic carbocycles. The van der Waals surface area contributed by atoms with Gasteiger partial charge in [0.2, 0.25) is 5.75 Å². The lowest BCUT2D eigenvalue weighted by atomic mass is 9.86. The molecule has 1 aromatic heterocycles. The van der Waals surface area contributed by atoms with Gasteiger partial charge < -0.3 is 24.3 Å². The predicted octanol–water partition coefficient (Wildman–Crippen LogP) is 4.56. The van der Waals surface area contributed by atoms with E-state index in [1.165, 1.54) is 26.3 Å². The predicted molar refractivity (Wildman–Crippen MR) is 144 cm³/mol. The van der Waals surface area contributed by atoms with Crippen molar-refractivity contribution in [2.45, 2.75) is 52.2 Å². The molecule has 200 valence electrons. The molecule has 0 spiro atoms. The largest absolute Gasteiger partial charge is 0.493 e. The van der Waals surface area contributed by atoms with E-state index in [1.54, 1.807) is 6.92 Å². The summed E-state index contributed by atoms with van der Waals surface area (Å²) < 4.78 is 16.6. The van der Waals surface area contributed by atoms with Crippen LogP contribution in [0.2, 0.25) is 0 Å². The Morgan fingerprint density at radius 1 is 1.00 bits per heavy atom. The van der Waals surface area contributed by atoms with Gasteiger partial charge in [-0.3, -0.25) is 9.59 Å². The third-order valence-electron chi connectivity index (χ3n) is 6.20. The number of benzene rings is 2. The molecule has 0 bridgehead atoms. The number of aldehydes is 1. The summed E-state index contributed by atoms with van der Waals surface area (Å²) >= 11 is 0. The lowest BCUT2D eigenvalue weighted by molar-refractivity contribution is -0.132. The molecule has 3 rings (SSSR count). The Bertz CT molecular complexity index is 1230. The summed E-state index contributed by atoms with van der Waals surface area (Å²) in [4.78, 5) is 40.9. The molecular formula is C30H34N2O6. The van der Waals surface area contributed by atoms with E-state index in [0.29, 0.717) is 6.29 Å². The molecule has 1 N–H and O–H groups in total. The van der Waals surface area contributed by atoms with Gasteiger partial charge in [-0.1, -0.05) is 59.7 Å². The van der Waals surface area contributed by atoms with Gasteiger partial charge in [0.15, 0.2) is 11.4 Å². The SMILES string of the molecule is COc1ccnc(C(=O)N[C@](C)(C=O)CO[C@@H](C)C(c2ccc(C)cc2)c2ccc(C)cc2)c1OC(C)=O. The molecule has 0 aliphatic rings. The van der Waals surface area contributed by atoms with Crippen molar-refractivity contribution in [3.63, 3.8) is 0 Å². The number of pyridine rings is 1. The van der Waals surface area contributed by atoms with Crippen molar-refractivity contribution in [1.29, 1.82) is 0 Å². The normalized spacial score (nSPS) is 13.3. The Hall–Kier alpha value is -4.04. The molecule has 3 aromatic rings. The van der Waals surface area contributed by atoms with Gasteiger partial charge in [-0.15, -0.1) is 0 Å². The summed E-state index contributed by atoms with van der Waals surface area (Å²) in [6.07, 6.45) is 1.64. The highest BCUT2D eigenvalue weighted by Gasteiger charge is 2.32. The van der Waals surface area contributed by atoms with Gasteiger partial charge in [0.25, 0.3) is 5.91 Å². The Morgan fingerprint density at radius 2 is 1.55 bits per heavy atom. The Morgan fingerprint density at radius 3 is 2.03 bits per heavy atom. The zero-order valence-corrected chi connectivity index (χ0v) is 22.6. The van der Waals surface area contributed by atoms with Gasteiger partial charge in [-0.25, -0.2) is 4.98 Å². The maximum Gasteiger partial charge on any atom is 0.308 e. The van der Waals surface area contributed by atoms with Crippen molar-refractivity contribution in [2.75, 3.05) is 13.7 Å². The van der Waals surface area contributed by atoms with Crippen molar-refractivity contribution in [2.24, 2.45) is 0 Å². The Labute approximate surface area is 223 Å². The number of carbonyl (C=O) groups excluding carboxylic acids is 3.